The average molecular weight is 442 g/mol. The molecule has 1 N–H and O–H groups in total. The second kappa shape index (κ2) is 7.81. The van der Waals surface area contributed by atoms with Crippen molar-refractivity contribution in [1.29, 1.82) is 0 Å². The minimum absolute atomic E-state index is 0.337. The van der Waals surface area contributed by atoms with E-state index in [2.05, 4.69) is 20.5 Å². The number of aryl methyl sites for hydroxylation is 2. The highest BCUT2D eigenvalue weighted by Gasteiger charge is 2.30. The summed E-state index contributed by atoms with van der Waals surface area (Å²) in [7, 11) is 0. The van der Waals surface area contributed by atoms with Gasteiger partial charge in [0.05, 0.1) is 17.2 Å². The molecular formula is C22H17F3N4OS. The molecule has 0 atom stereocenters. The summed E-state index contributed by atoms with van der Waals surface area (Å²) in [6.45, 7) is 0. The van der Waals surface area contributed by atoms with Gasteiger partial charge in [-0.25, -0.2) is 9.97 Å². The number of fused-ring (bicyclic) bond motifs is 3. The number of hydrazone groups is 1. The Kier molecular flexibility index (Phi) is 4.97. The van der Waals surface area contributed by atoms with Crippen LogP contribution in [0.1, 0.15) is 34.6 Å². The van der Waals surface area contributed by atoms with Crippen LogP contribution in [0.3, 0.4) is 0 Å². The van der Waals surface area contributed by atoms with E-state index in [0.717, 1.165) is 41.6 Å². The molecular weight excluding hydrogens is 425 g/mol. The van der Waals surface area contributed by atoms with Gasteiger partial charge < -0.3 is 4.42 Å². The summed E-state index contributed by atoms with van der Waals surface area (Å²) in [6.07, 6.45) is 3.02. The molecule has 0 bridgehead atoms. The third-order valence-electron chi connectivity index (χ3n) is 5.21. The maximum Gasteiger partial charge on any atom is 0.416 e. The van der Waals surface area contributed by atoms with E-state index in [9.17, 15) is 13.2 Å². The zero-order valence-corrected chi connectivity index (χ0v) is 17.1. The lowest BCUT2D eigenvalue weighted by Crippen LogP contribution is -2.04. The van der Waals surface area contributed by atoms with Crippen molar-refractivity contribution in [3.05, 3.63) is 64.5 Å². The molecule has 9 heteroatoms. The van der Waals surface area contributed by atoms with E-state index >= 15 is 0 Å². The van der Waals surface area contributed by atoms with Crippen molar-refractivity contribution in [2.45, 2.75) is 31.9 Å². The number of alkyl halides is 3. The molecule has 0 radical (unpaired) electrons. The highest BCUT2D eigenvalue weighted by molar-refractivity contribution is 7.19. The Labute approximate surface area is 179 Å². The minimum atomic E-state index is -4.40. The predicted octanol–water partition coefficient (Wildman–Crippen LogP) is 6.29. The number of halogens is 3. The number of rotatable bonds is 4. The molecule has 158 valence electrons. The van der Waals surface area contributed by atoms with Gasteiger partial charge in [-0.1, -0.05) is 12.1 Å². The number of aromatic nitrogens is 2. The zero-order valence-electron chi connectivity index (χ0n) is 16.2. The summed E-state index contributed by atoms with van der Waals surface area (Å²) in [4.78, 5) is 11.0. The quantitative estimate of drug-likeness (QED) is 0.298. The molecule has 1 aromatic carbocycles. The zero-order chi connectivity index (χ0) is 21.4. The Hall–Kier alpha value is -3.20. The van der Waals surface area contributed by atoms with E-state index in [0.29, 0.717) is 22.9 Å². The Balaban J connectivity index is 1.36. The van der Waals surface area contributed by atoms with E-state index in [-0.39, 0.29) is 0 Å². The molecule has 0 spiro atoms. The Bertz CT molecular complexity index is 1280. The number of benzene rings is 1. The maximum atomic E-state index is 12.9. The van der Waals surface area contributed by atoms with Crippen LogP contribution in [0, 0.1) is 0 Å². The Morgan fingerprint density at radius 2 is 1.97 bits per heavy atom. The molecule has 0 aliphatic heterocycles. The van der Waals surface area contributed by atoms with E-state index < -0.39 is 11.7 Å². The minimum Gasteiger partial charge on any atom is -0.455 e. The number of anilines is 1. The van der Waals surface area contributed by atoms with Crippen LogP contribution < -0.4 is 5.43 Å². The fourth-order valence-electron chi connectivity index (χ4n) is 3.76. The molecule has 1 aliphatic carbocycles. The van der Waals surface area contributed by atoms with Crippen LogP contribution in [0.4, 0.5) is 19.0 Å². The van der Waals surface area contributed by atoms with Crippen molar-refractivity contribution in [1.82, 2.24) is 9.97 Å². The standard InChI is InChI=1S/C22H17F3N4OS/c23-22(24,25)14-5-3-4-13(10-14)17-9-8-15(30-17)11-28-29-20-19-16-6-1-2-7-18(16)31-21(19)27-12-26-20/h3-5,8-12H,1-2,6-7H2,(H,26,27,29). The number of hydrogen-bond donors (Lipinski definition) is 1. The number of furan rings is 1. The molecule has 3 heterocycles. The lowest BCUT2D eigenvalue weighted by molar-refractivity contribution is -0.137. The number of nitrogens with one attached hydrogen (secondary N) is 1. The van der Waals surface area contributed by atoms with Crippen LogP contribution in [0.15, 0.2) is 52.2 Å². The van der Waals surface area contributed by atoms with Gasteiger partial charge in [-0.3, -0.25) is 5.43 Å². The molecule has 0 amide bonds. The lowest BCUT2D eigenvalue weighted by atomic mass is 9.97. The topological polar surface area (TPSA) is 63.3 Å². The number of nitrogens with zero attached hydrogens (tertiary/aromatic N) is 3. The monoisotopic (exact) mass is 442 g/mol. The molecule has 4 aromatic rings. The van der Waals surface area contributed by atoms with Gasteiger partial charge in [0, 0.05) is 10.4 Å². The van der Waals surface area contributed by atoms with Gasteiger partial charge in [-0.2, -0.15) is 18.3 Å². The van der Waals surface area contributed by atoms with Crippen LogP contribution >= 0.6 is 11.3 Å². The summed E-state index contributed by atoms with van der Waals surface area (Å²) in [5, 5.41) is 5.24. The van der Waals surface area contributed by atoms with E-state index in [1.807, 2.05) is 0 Å². The summed E-state index contributed by atoms with van der Waals surface area (Å²) < 4.78 is 44.5. The normalized spacial score (nSPS) is 14.3. The van der Waals surface area contributed by atoms with Crippen LogP contribution in [0.2, 0.25) is 0 Å². The van der Waals surface area contributed by atoms with Crippen LogP contribution in [-0.2, 0) is 19.0 Å². The Morgan fingerprint density at radius 3 is 2.84 bits per heavy atom. The van der Waals surface area contributed by atoms with Crippen molar-refractivity contribution >= 4 is 33.6 Å². The molecule has 3 aromatic heterocycles. The van der Waals surface area contributed by atoms with Gasteiger partial charge in [-0.15, -0.1) is 11.3 Å². The third kappa shape index (κ3) is 3.93. The maximum absolute atomic E-state index is 12.9. The van der Waals surface area contributed by atoms with E-state index in [1.165, 1.54) is 35.5 Å². The largest absolute Gasteiger partial charge is 0.455 e. The van der Waals surface area contributed by atoms with Crippen LogP contribution in [0.25, 0.3) is 21.5 Å². The van der Waals surface area contributed by atoms with E-state index in [4.69, 9.17) is 4.42 Å². The molecule has 31 heavy (non-hydrogen) atoms. The second-order valence-electron chi connectivity index (χ2n) is 7.26. The van der Waals surface area contributed by atoms with E-state index in [1.54, 1.807) is 29.5 Å². The van der Waals surface area contributed by atoms with Gasteiger partial charge in [0.15, 0.2) is 5.82 Å². The molecule has 5 rings (SSSR count). The van der Waals surface area contributed by atoms with Crippen molar-refractivity contribution in [2.75, 3.05) is 5.43 Å². The predicted molar refractivity (Wildman–Crippen MR) is 114 cm³/mol. The summed E-state index contributed by atoms with van der Waals surface area (Å²) >= 11 is 1.71. The van der Waals surface area contributed by atoms with Crippen molar-refractivity contribution in [3.63, 3.8) is 0 Å². The second-order valence-corrected chi connectivity index (χ2v) is 8.35. The van der Waals surface area contributed by atoms with Crippen molar-refractivity contribution < 1.29 is 17.6 Å². The molecule has 0 saturated carbocycles. The average Bonchev–Trinajstić information content (AvgIpc) is 3.38. The lowest BCUT2D eigenvalue weighted by Gasteiger charge is -2.11. The number of thiophene rings is 1. The number of hydrogen-bond acceptors (Lipinski definition) is 6. The Morgan fingerprint density at radius 1 is 1.10 bits per heavy atom. The first-order valence-electron chi connectivity index (χ1n) is 9.81. The van der Waals surface area contributed by atoms with Crippen molar-refractivity contribution in [2.24, 2.45) is 5.10 Å². The van der Waals surface area contributed by atoms with Crippen LogP contribution in [-0.4, -0.2) is 16.2 Å². The summed E-state index contributed by atoms with van der Waals surface area (Å²) in [5.74, 6) is 1.40. The highest BCUT2D eigenvalue weighted by atomic mass is 32.1. The summed E-state index contributed by atoms with van der Waals surface area (Å²) in [5.41, 5.74) is 3.90. The van der Waals surface area contributed by atoms with Gasteiger partial charge >= 0.3 is 6.18 Å². The van der Waals surface area contributed by atoms with Gasteiger partial charge in [0.1, 0.15) is 22.7 Å². The third-order valence-corrected chi connectivity index (χ3v) is 6.41. The molecule has 5 nitrogen and oxygen atoms in total. The first kappa shape index (κ1) is 19.7. The molecule has 0 saturated heterocycles. The molecule has 0 fully saturated rings. The van der Waals surface area contributed by atoms with Gasteiger partial charge in [0.25, 0.3) is 0 Å². The van der Waals surface area contributed by atoms with Gasteiger partial charge in [-0.05, 0) is 55.5 Å². The van der Waals surface area contributed by atoms with Gasteiger partial charge in [0.2, 0.25) is 0 Å². The fraction of sp³-hybridized carbons (Fsp3) is 0.227. The first-order chi connectivity index (χ1) is 15.0. The SMILES string of the molecule is FC(F)(F)c1cccc(-c2ccc(C=NNc3ncnc4sc5c(c34)CCCC5)o2)c1. The smallest absolute Gasteiger partial charge is 0.416 e. The first-order valence-corrected chi connectivity index (χ1v) is 10.6. The molecule has 1 aliphatic rings. The highest BCUT2D eigenvalue weighted by Crippen LogP contribution is 2.38. The molecule has 0 unspecified atom stereocenters. The van der Waals surface area contributed by atoms with Crippen molar-refractivity contribution in [3.8, 4) is 11.3 Å². The summed E-state index contributed by atoms with van der Waals surface area (Å²) in [6, 6.07) is 8.31. The fourth-order valence-corrected chi connectivity index (χ4v) is 4.99. The van der Waals surface area contributed by atoms with Crippen LogP contribution in [0.5, 0.6) is 0 Å².